The third kappa shape index (κ3) is 2.97. The van der Waals surface area contributed by atoms with Crippen LogP contribution in [0.1, 0.15) is 17.4 Å². The molecule has 2 aromatic rings. The number of amides is 1. The predicted molar refractivity (Wildman–Crippen MR) is 87.5 cm³/mol. The molecule has 1 amide bonds. The van der Waals surface area contributed by atoms with Crippen molar-refractivity contribution in [1.82, 2.24) is 9.88 Å². The van der Waals surface area contributed by atoms with Crippen molar-refractivity contribution in [1.29, 1.82) is 0 Å². The van der Waals surface area contributed by atoms with E-state index in [1.807, 2.05) is 29.2 Å². The van der Waals surface area contributed by atoms with Gasteiger partial charge in [-0.05, 0) is 11.5 Å². The number of aromatic nitrogens is 1. The smallest absolute Gasteiger partial charge is 0.356 e. The highest BCUT2D eigenvalue weighted by atomic mass is 16.5. The van der Waals surface area contributed by atoms with E-state index in [9.17, 15) is 9.59 Å². The molecule has 1 aromatic carbocycles. The van der Waals surface area contributed by atoms with Crippen LogP contribution < -0.4 is 4.90 Å². The van der Waals surface area contributed by atoms with Crippen molar-refractivity contribution in [3.05, 3.63) is 36.0 Å². The number of piperazine rings is 1. The second-order valence-electron chi connectivity index (χ2n) is 5.54. The number of benzene rings is 1. The normalized spacial score (nSPS) is 14.9. The van der Waals surface area contributed by atoms with Crippen LogP contribution in [0.4, 0.5) is 5.82 Å². The Labute approximate surface area is 134 Å². The predicted octanol–water partition coefficient (Wildman–Crippen LogP) is 1.69. The SMILES string of the molecule is COC(=O)c1cc2ccccc2c(N2CCN(C(C)=O)CC2)n1. The second kappa shape index (κ2) is 6.24. The minimum Gasteiger partial charge on any atom is -0.464 e. The Morgan fingerprint density at radius 3 is 2.48 bits per heavy atom. The summed E-state index contributed by atoms with van der Waals surface area (Å²) >= 11 is 0. The number of esters is 1. The summed E-state index contributed by atoms with van der Waals surface area (Å²) in [7, 11) is 1.35. The molecule has 0 aliphatic carbocycles. The van der Waals surface area contributed by atoms with E-state index in [-0.39, 0.29) is 5.91 Å². The van der Waals surface area contributed by atoms with E-state index < -0.39 is 5.97 Å². The van der Waals surface area contributed by atoms with Crippen molar-refractivity contribution in [3.8, 4) is 0 Å². The second-order valence-corrected chi connectivity index (χ2v) is 5.54. The molecule has 1 aromatic heterocycles. The lowest BCUT2D eigenvalue weighted by atomic mass is 10.1. The first-order valence-corrected chi connectivity index (χ1v) is 7.58. The van der Waals surface area contributed by atoms with Crippen LogP contribution in [0.5, 0.6) is 0 Å². The number of rotatable bonds is 2. The number of fused-ring (bicyclic) bond motifs is 1. The molecule has 0 spiro atoms. The number of carbonyl (C=O) groups excluding carboxylic acids is 2. The Bertz CT molecular complexity index is 752. The fraction of sp³-hybridized carbons (Fsp3) is 0.353. The molecule has 1 saturated heterocycles. The molecule has 0 saturated carbocycles. The first-order valence-electron chi connectivity index (χ1n) is 7.58. The molecular formula is C17H19N3O3. The quantitative estimate of drug-likeness (QED) is 0.790. The first-order chi connectivity index (χ1) is 11.1. The third-order valence-corrected chi connectivity index (χ3v) is 4.14. The maximum absolute atomic E-state index is 11.9. The number of hydrogen-bond acceptors (Lipinski definition) is 5. The number of ether oxygens (including phenoxy) is 1. The summed E-state index contributed by atoms with van der Waals surface area (Å²) in [5.74, 6) is 0.414. The van der Waals surface area contributed by atoms with E-state index in [1.165, 1.54) is 7.11 Å². The Morgan fingerprint density at radius 1 is 1.13 bits per heavy atom. The molecule has 1 aliphatic heterocycles. The van der Waals surface area contributed by atoms with Gasteiger partial charge in [-0.15, -0.1) is 0 Å². The van der Waals surface area contributed by atoms with Gasteiger partial charge in [-0.2, -0.15) is 0 Å². The van der Waals surface area contributed by atoms with Gasteiger partial charge < -0.3 is 14.5 Å². The molecule has 0 N–H and O–H groups in total. The van der Waals surface area contributed by atoms with Gasteiger partial charge in [0.2, 0.25) is 5.91 Å². The number of hydrogen-bond donors (Lipinski definition) is 0. The standard InChI is InChI=1S/C17H19N3O3/c1-12(21)19-7-9-20(10-8-19)16-14-6-4-3-5-13(14)11-15(18-16)17(22)23-2/h3-6,11H,7-10H2,1-2H3. The maximum Gasteiger partial charge on any atom is 0.356 e. The molecule has 0 atom stereocenters. The molecule has 1 aliphatic rings. The molecule has 0 bridgehead atoms. The lowest BCUT2D eigenvalue weighted by molar-refractivity contribution is -0.129. The van der Waals surface area contributed by atoms with Crippen molar-refractivity contribution in [2.75, 3.05) is 38.2 Å². The van der Waals surface area contributed by atoms with E-state index in [0.717, 1.165) is 16.6 Å². The van der Waals surface area contributed by atoms with Crippen molar-refractivity contribution >= 4 is 28.5 Å². The number of nitrogens with zero attached hydrogens (tertiary/aromatic N) is 3. The van der Waals surface area contributed by atoms with Gasteiger partial charge >= 0.3 is 5.97 Å². The lowest BCUT2D eigenvalue weighted by Crippen LogP contribution is -2.48. The largest absolute Gasteiger partial charge is 0.464 e. The van der Waals surface area contributed by atoms with Gasteiger partial charge in [0.1, 0.15) is 5.82 Å². The van der Waals surface area contributed by atoms with Gasteiger partial charge in [-0.25, -0.2) is 9.78 Å². The molecule has 1 fully saturated rings. The average Bonchev–Trinajstić information content (AvgIpc) is 2.60. The van der Waals surface area contributed by atoms with E-state index >= 15 is 0 Å². The molecule has 2 heterocycles. The summed E-state index contributed by atoms with van der Waals surface area (Å²) in [4.78, 5) is 31.8. The zero-order valence-electron chi connectivity index (χ0n) is 13.3. The van der Waals surface area contributed by atoms with Crippen molar-refractivity contribution in [2.24, 2.45) is 0 Å². The topological polar surface area (TPSA) is 62.7 Å². The minimum absolute atomic E-state index is 0.0887. The molecule has 3 rings (SSSR count). The molecule has 23 heavy (non-hydrogen) atoms. The van der Waals surface area contributed by atoms with Gasteiger partial charge in [0, 0.05) is 38.5 Å². The maximum atomic E-state index is 11.9. The highest BCUT2D eigenvalue weighted by molar-refractivity contribution is 5.98. The Kier molecular flexibility index (Phi) is 4.14. The zero-order chi connectivity index (χ0) is 16.4. The van der Waals surface area contributed by atoms with Crippen LogP contribution in [0.25, 0.3) is 10.8 Å². The van der Waals surface area contributed by atoms with Crippen LogP contribution >= 0.6 is 0 Å². The van der Waals surface area contributed by atoms with E-state index in [0.29, 0.717) is 31.9 Å². The van der Waals surface area contributed by atoms with Gasteiger partial charge in [-0.1, -0.05) is 24.3 Å². The fourth-order valence-electron chi connectivity index (χ4n) is 2.86. The first kappa shape index (κ1) is 15.3. The monoisotopic (exact) mass is 313 g/mol. The van der Waals surface area contributed by atoms with Crippen molar-refractivity contribution < 1.29 is 14.3 Å². The van der Waals surface area contributed by atoms with Gasteiger partial charge in [0.25, 0.3) is 0 Å². The van der Waals surface area contributed by atoms with Gasteiger partial charge in [-0.3, -0.25) is 4.79 Å². The summed E-state index contributed by atoms with van der Waals surface area (Å²) in [6.07, 6.45) is 0. The highest BCUT2D eigenvalue weighted by Crippen LogP contribution is 2.27. The summed E-state index contributed by atoms with van der Waals surface area (Å²) in [6, 6.07) is 9.59. The van der Waals surface area contributed by atoms with E-state index in [4.69, 9.17) is 4.74 Å². The number of carbonyl (C=O) groups is 2. The summed E-state index contributed by atoms with van der Waals surface area (Å²) < 4.78 is 4.80. The molecule has 0 radical (unpaired) electrons. The van der Waals surface area contributed by atoms with Crippen molar-refractivity contribution in [3.63, 3.8) is 0 Å². The zero-order valence-corrected chi connectivity index (χ0v) is 13.3. The van der Waals surface area contributed by atoms with Crippen molar-refractivity contribution in [2.45, 2.75) is 6.92 Å². The van der Waals surface area contributed by atoms with Crippen LogP contribution in [0, 0.1) is 0 Å². The van der Waals surface area contributed by atoms with Crippen LogP contribution in [0.2, 0.25) is 0 Å². The third-order valence-electron chi connectivity index (χ3n) is 4.14. The average molecular weight is 313 g/mol. The van der Waals surface area contributed by atoms with Crippen LogP contribution in [-0.2, 0) is 9.53 Å². The van der Waals surface area contributed by atoms with Crippen LogP contribution in [-0.4, -0.2) is 55.0 Å². The summed E-state index contributed by atoms with van der Waals surface area (Å²) in [5.41, 5.74) is 0.301. The van der Waals surface area contributed by atoms with Gasteiger partial charge in [0.05, 0.1) is 7.11 Å². The number of methoxy groups -OCH3 is 1. The van der Waals surface area contributed by atoms with E-state index in [2.05, 4.69) is 9.88 Å². The molecule has 6 nitrogen and oxygen atoms in total. The van der Waals surface area contributed by atoms with E-state index in [1.54, 1.807) is 13.0 Å². The Balaban J connectivity index is 1.99. The summed E-state index contributed by atoms with van der Waals surface area (Å²) in [6.45, 7) is 4.30. The fourth-order valence-corrected chi connectivity index (χ4v) is 2.86. The number of anilines is 1. The lowest BCUT2D eigenvalue weighted by Gasteiger charge is -2.35. The Morgan fingerprint density at radius 2 is 1.83 bits per heavy atom. The molecule has 0 unspecified atom stereocenters. The van der Waals surface area contributed by atoms with Crippen LogP contribution in [0.3, 0.4) is 0 Å². The summed E-state index contributed by atoms with van der Waals surface area (Å²) in [5, 5.41) is 1.95. The highest BCUT2D eigenvalue weighted by Gasteiger charge is 2.22. The molecule has 6 heteroatoms. The number of pyridine rings is 1. The van der Waals surface area contributed by atoms with Gasteiger partial charge in [0.15, 0.2) is 5.69 Å². The molecule has 120 valence electrons. The molecular weight excluding hydrogens is 294 g/mol. The Hall–Kier alpha value is -2.63. The van der Waals surface area contributed by atoms with Crippen LogP contribution in [0.15, 0.2) is 30.3 Å². The minimum atomic E-state index is -0.445.